The van der Waals surface area contributed by atoms with Crippen LogP contribution in [-0.2, 0) is 4.79 Å². The average molecular weight is 367 g/mol. The van der Waals surface area contributed by atoms with Gasteiger partial charge in [-0.2, -0.15) is 0 Å². The summed E-state index contributed by atoms with van der Waals surface area (Å²) >= 11 is 0. The van der Waals surface area contributed by atoms with Crippen LogP contribution in [0, 0.1) is 0 Å². The highest BCUT2D eigenvalue weighted by molar-refractivity contribution is 6.00. The number of benzene rings is 2. The highest BCUT2D eigenvalue weighted by atomic mass is 35.5. The minimum absolute atomic E-state index is 0. The van der Waals surface area contributed by atoms with E-state index < -0.39 is 6.10 Å². The number of ketones is 1. The Bertz CT molecular complexity index is 875. The van der Waals surface area contributed by atoms with Crippen LogP contribution in [-0.4, -0.2) is 35.4 Å². The van der Waals surface area contributed by atoms with E-state index in [1.54, 1.807) is 6.21 Å². The topological polar surface area (TPSA) is 41.7 Å². The number of allylic oxidation sites excluding steroid dienone is 1. The van der Waals surface area contributed by atoms with E-state index >= 15 is 0 Å². The average Bonchev–Trinajstić information content (AvgIpc) is 2.68. The molecule has 132 valence electrons. The molecule has 2 atom stereocenters. The summed E-state index contributed by atoms with van der Waals surface area (Å²) < 4.78 is 7.73. The molecule has 0 fully saturated rings. The first-order valence-electron chi connectivity index (χ1n) is 8.44. The van der Waals surface area contributed by atoms with E-state index in [1.165, 1.54) is 5.56 Å². The summed E-state index contributed by atoms with van der Waals surface area (Å²) in [5, 5.41) is 0. The minimum Gasteiger partial charge on any atom is -1.00 e. The van der Waals surface area contributed by atoms with Crippen molar-refractivity contribution < 1.29 is 26.5 Å². The van der Waals surface area contributed by atoms with E-state index in [0.717, 1.165) is 12.1 Å². The third-order valence-electron chi connectivity index (χ3n) is 4.41. The van der Waals surface area contributed by atoms with Crippen LogP contribution in [0.25, 0.3) is 0 Å². The number of halogens is 1. The SMILES string of the molecule is O=C(C[N+]1=CC(c2ccccc2)CC=C1)C1C=Nc2ccccc2O1.[Cl-]. The number of nitrogens with zero attached hydrogens (tertiary/aromatic N) is 2. The van der Waals surface area contributed by atoms with Gasteiger partial charge >= 0.3 is 0 Å². The van der Waals surface area contributed by atoms with Crippen LogP contribution >= 0.6 is 0 Å². The van der Waals surface area contributed by atoms with Crippen LogP contribution in [0.15, 0.2) is 71.9 Å². The zero-order valence-electron chi connectivity index (χ0n) is 14.2. The van der Waals surface area contributed by atoms with Gasteiger partial charge in [-0.1, -0.05) is 42.5 Å². The molecule has 2 aromatic rings. The number of hydrogen-bond donors (Lipinski definition) is 0. The molecule has 0 saturated carbocycles. The van der Waals surface area contributed by atoms with Gasteiger partial charge in [0.1, 0.15) is 11.4 Å². The first kappa shape index (κ1) is 18.1. The Morgan fingerprint density at radius 3 is 2.73 bits per heavy atom. The smallest absolute Gasteiger partial charge is 0.243 e. The number of carbonyl (C=O) groups excluding carboxylic acids is 1. The Kier molecular flexibility index (Phi) is 5.64. The Morgan fingerprint density at radius 1 is 1.12 bits per heavy atom. The summed E-state index contributed by atoms with van der Waals surface area (Å²) in [6.07, 6.45) is 8.09. The van der Waals surface area contributed by atoms with Gasteiger partial charge in [0.05, 0.1) is 12.1 Å². The zero-order chi connectivity index (χ0) is 17.1. The van der Waals surface area contributed by atoms with Crippen molar-refractivity contribution in [2.24, 2.45) is 4.99 Å². The molecule has 2 aliphatic heterocycles. The molecule has 2 aromatic carbocycles. The van der Waals surface area contributed by atoms with E-state index in [9.17, 15) is 4.79 Å². The van der Waals surface area contributed by atoms with Gasteiger partial charge in [0.2, 0.25) is 12.3 Å². The fourth-order valence-electron chi connectivity index (χ4n) is 3.11. The van der Waals surface area contributed by atoms with Crippen LogP contribution in [0.1, 0.15) is 17.9 Å². The lowest BCUT2D eigenvalue weighted by Gasteiger charge is -2.19. The van der Waals surface area contributed by atoms with E-state index in [0.29, 0.717) is 11.7 Å². The molecule has 0 aromatic heterocycles. The molecule has 2 heterocycles. The Balaban J connectivity index is 0.00000196. The van der Waals surface area contributed by atoms with Gasteiger partial charge in [0.25, 0.3) is 0 Å². The largest absolute Gasteiger partial charge is 1.00 e. The Morgan fingerprint density at radius 2 is 1.88 bits per heavy atom. The third-order valence-corrected chi connectivity index (χ3v) is 4.41. The van der Waals surface area contributed by atoms with Gasteiger partial charge in [-0.05, 0) is 30.2 Å². The summed E-state index contributed by atoms with van der Waals surface area (Å²) in [6, 6.07) is 17.8. The number of fused-ring (bicyclic) bond motifs is 1. The molecule has 2 unspecified atom stereocenters. The summed E-state index contributed by atoms with van der Waals surface area (Å²) in [5.41, 5.74) is 2.02. The lowest BCUT2D eigenvalue weighted by atomic mass is 9.95. The number of rotatable bonds is 4. The lowest BCUT2D eigenvalue weighted by molar-refractivity contribution is -0.443. The van der Waals surface area contributed by atoms with Crippen LogP contribution in [0.5, 0.6) is 5.75 Å². The van der Waals surface area contributed by atoms with Crippen molar-refractivity contribution in [3.05, 3.63) is 72.4 Å². The third kappa shape index (κ3) is 3.92. The maximum atomic E-state index is 12.6. The normalized spacial score (nSPS) is 20.4. The van der Waals surface area contributed by atoms with Crippen molar-refractivity contribution in [3.8, 4) is 5.75 Å². The molecule has 4 rings (SSSR count). The maximum absolute atomic E-state index is 12.6. The molecule has 5 heteroatoms. The van der Waals surface area contributed by atoms with Gasteiger partial charge < -0.3 is 17.1 Å². The van der Waals surface area contributed by atoms with E-state index in [2.05, 4.69) is 29.4 Å². The molecule has 4 nitrogen and oxygen atoms in total. The maximum Gasteiger partial charge on any atom is 0.243 e. The molecular weight excluding hydrogens is 348 g/mol. The van der Waals surface area contributed by atoms with E-state index in [4.69, 9.17) is 4.74 Å². The van der Waals surface area contributed by atoms with Gasteiger partial charge in [-0.25, -0.2) is 4.58 Å². The molecule has 26 heavy (non-hydrogen) atoms. The molecule has 0 aliphatic carbocycles. The van der Waals surface area contributed by atoms with Crippen LogP contribution in [0.3, 0.4) is 0 Å². The number of hydrogen-bond acceptors (Lipinski definition) is 3. The monoisotopic (exact) mass is 366 g/mol. The predicted octanol–water partition coefficient (Wildman–Crippen LogP) is 0.507. The highest BCUT2D eigenvalue weighted by Gasteiger charge is 2.27. The molecule has 0 bridgehead atoms. The lowest BCUT2D eigenvalue weighted by Crippen LogP contribution is -3.00. The molecule has 0 N–H and O–H groups in total. The van der Waals surface area contributed by atoms with Crippen molar-refractivity contribution in [1.29, 1.82) is 0 Å². The molecule has 0 amide bonds. The van der Waals surface area contributed by atoms with Crippen molar-refractivity contribution in [3.63, 3.8) is 0 Å². The van der Waals surface area contributed by atoms with Crippen LogP contribution in [0.2, 0.25) is 0 Å². The summed E-state index contributed by atoms with van der Waals surface area (Å²) in [6.45, 7) is 0.276. The Labute approximate surface area is 159 Å². The number of aliphatic imine (C=N–C) groups is 1. The first-order valence-corrected chi connectivity index (χ1v) is 8.44. The second-order valence-corrected chi connectivity index (χ2v) is 6.21. The van der Waals surface area contributed by atoms with E-state index in [-0.39, 0.29) is 24.7 Å². The quantitative estimate of drug-likeness (QED) is 0.740. The van der Waals surface area contributed by atoms with Gasteiger partial charge in [0.15, 0.2) is 18.5 Å². The predicted molar refractivity (Wildman–Crippen MR) is 98.1 cm³/mol. The molecule has 0 radical (unpaired) electrons. The Hall–Kier alpha value is -2.72. The molecule has 2 aliphatic rings. The second-order valence-electron chi connectivity index (χ2n) is 6.21. The van der Waals surface area contributed by atoms with Crippen molar-refractivity contribution in [2.45, 2.75) is 18.4 Å². The van der Waals surface area contributed by atoms with Crippen LogP contribution < -0.4 is 17.1 Å². The standard InChI is InChI=1S/C21H19N2O2.ClH/c24-19(21-13-22-18-10-4-5-11-20(18)25-21)15-23-12-6-9-17(14-23)16-7-2-1-3-8-16;/h1-8,10-14,17,21H,9,15H2;1H/q+1;/p-1. The summed E-state index contributed by atoms with van der Waals surface area (Å²) in [4.78, 5) is 16.9. The first-order chi connectivity index (χ1) is 12.3. The molecule has 0 spiro atoms. The van der Waals surface area contributed by atoms with Crippen molar-refractivity contribution >= 4 is 23.9 Å². The van der Waals surface area contributed by atoms with Gasteiger partial charge in [0, 0.05) is 0 Å². The molecular formula is C21H19ClN2O2. The number of ether oxygens (including phenoxy) is 1. The number of para-hydroxylation sites is 2. The van der Waals surface area contributed by atoms with Crippen molar-refractivity contribution in [2.75, 3.05) is 6.54 Å². The van der Waals surface area contributed by atoms with Crippen LogP contribution in [0.4, 0.5) is 5.69 Å². The summed E-state index contributed by atoms with van der Waals surface area (Å²) in [5.74, 6) is 0.942. The summed E-state index contributed by atoms with van der Waals surface area (Å²) in [7, 11) is 0. The van der Waals surface area contributed by atoms with Crippen molar-refractivity contribution in [1.82, 2.24) is 0 Å². The molecule has 0 saturated heterocycles. The highest BCUT2D eigenvalue weighted by Crippen LogP contribution is 2.30. The fraction of sp³-hybridized carbons (Fsp3) is 0.190. The van der Waals surface area contributed by atoms with Gasteiger partial charge in [-0.3, -0.25) is 9.79 Å². The number of Topliss-reactive ketones (excluding diaryl/α,β-unsaturated/α-hetero) is 1. The second kappa shape index (κ2) is 8.11. The van der Waals surface area contributed by atoms with E-state index in [1.807, 2.05) is 53.2 Å². The zero-order valence-corrected chi connectivity index (χ0v) is 14.9. The van der Waals surface area contributed by atoms with Gasteiger partial charge in [-0.15, -0.1) is 0 Å². The minimum atomic E-state index is -0.631. The fourth-order valence-corrected chi connectivity index (χ4v) is 3.11. The number of carbonyl (C=O) groups is 1.